The molecule has 0 unspecified atom stereocenters. The van der Waals surface area contributed by atoms with Crippen LogP contribution in [0, 0.1) is 0 Å². The molecule has 0 radical (unpaired) electrons. The number of ether oxygens (including phenoxy) is 1. The SMILES string of the molecule is COc1ccc2[nH]cc(C3CCN(C(=O)CCNC(=O)c4ccc(Br)cc4)CC3)c2c1. The van der Waals surface area contributed by atoms with E-state index in [0.29, 0.717) is 24.4 Å². The number of hydrogen-bond acceptors (Lipinski definition) is 3. The molecular formula is C24H26BrN3O3. The molecule has 31 heavy (non-hydrogen) atoms. The molecule has 1 aromatic heterocycles. The smallest absolute Gasteiger partial charge is 0.251 e. The predicted octanol–water partition coefficient (Wildman–Crippen LogP) is 4.47. The van der Waals surface area contributed by atoms with Crippen molar-refractivity contribution in [3.05, 3.63) is 64.3 Å². The van der Waals surface area contributed by atoms with E-state index in [4.69, 9.17) is 4.74 Å². The molecule has 0 saturated carbocycles. The van der Waals surface area contributed by atoms with Crippen LogP contribution in [0.1, 0.15) is 41.1 Å². The van der Waals surface area contributed by atoms with Gasteiger partial charge in [-0.1, -0.05) is 15.9 Å². The summed E-state index contributed by atoms with van der Waals surface area (Å²) in [6.07, 6.45) is 4.27. The van der Waals surface area contributed by atoms with E-state index >= 15 is 0 Å². The summed E-state index contributed by atoms with van der Waals surface area (Å²) in [5.74, 6) is 1.21. The Hall–Kier alpha value is -2.80. The quantitative estimate of drug-likeness (QED) is 0.543. The van der Waals surface area contributed by atoms with Gasteiger partial charge >= 0.3 is 0 Å². The second-order valence-corrected chi connectivity index (χ2v) is 8.74. The van der Waals surface area contributed by atoms with Crippen LogP contribution in [0.5, 0.6) is 5.75 Å². The summed E-state index contributed by atoms with van der Waals surface area (Å²) in [7, 11) is 1.68. The maximum Gasteiger partial charge on any atom is 0.251 e. The maximum atomic E-state index is 12.6. The third-order valence-electron chi connectivity index (χ3n) is 5.94. The van der Waals surface area contributed by atoms with E-state index in [1.165, 1.54) is 10.9 Å². The first-order chi connectivity index (χ1) is 15.0. The topological polar surface area (TPSA) is 74.4 Å². The molecule has 0 bridgehead atoms. The lowest BCUT2D eigenvalue weighted by molar-refractivity contribution is -0.132. The lowest BCUT2D eigenvalue weighted by atomic mass is 9.89. The summed E-state index contributed by atoms with van der Waals surface area (Å²) in [5.41, 5.74) is 2.99. The standard InChI is InChI=1S/C24H26BrN3O3/c1-31-19-6-7-22-20(14-19)21(15-27-22)16-9-12-28(13-10-16)23(29)8-11-26-24(30)17-2-4-18(25)5-3-17/h2-7,14-16,27H,8-13H2,1H3,(H,26,30). The highest BCUT2D eigenvalue weighted by molar-refractivity contribution is 9.10. The van der Waals surface area contributed by atoms with Crippen LogP contribution in [0.4, 0.5) is 0 Å². The number of fused-ring (bicyclic) bond motifs is 1. The zero-order valence-electron chi connectivity index (χ0n) is 17.5. The van der Waals surface area contributed by atoms with Crippen LogP contribution < -0.4 is 10.1 Å². The van der Waals surface area contributed by atoms with Crippen LogP contribution in [-0.2, 0) is 4.79 Å². The molecule has 7 heteroatoms. The van der Waals surface area contributed by atoms with Gasteiger partial charge in [-0.2, -0.15) is 0 Å². The summed E-state index contributed by atoms with van der Waals surface area (Å²) >= 11 is 3.36. The van der Waals surface area contributed by atoms with Gasteiger partial charge < -0.3 is 19.9 Å². The third kappa shape index (κ3) is 4.93. The molecule has 3 aromatic rings. The van der Waals surface area contributed by atoms with Gasteiger partial charge in [-0.05, 0) is 66.8 Å². The number of carbonyl (C=O) groups excluding carboxylic acids is 2. The Morgan fingerprint density at radius 2 is 1.90 bits per heavy atom. The number of amides is 2. The summed E-state index contributed by atoms with van der Waals surface area (Å²) in [6, 6.07) is 13.2. The number of hydrogen-bond donors (Lipinski definition) is 2. The lowest BCUT2D eigenvalue weighted by Crippen LogP contribution is -2.39. The van der Waals surface area contributed by atoms with E-state index in [1.54, 1.807) is 19.2 Å². The molecule has 0 aliphatic carbocycles. The Morgan fingerprint density at radius 1 is 1.16 bits per heavy atom. The number of nitrogens with zero attached hydrogens (tertiary/aromatic N) is 1. The average molecular weight is 484 g/mol. The third-order valence-corrected chi connectivity index (χ3v) is 6.47. The highest BCUT2D eigenvalue weighted by Gasteiger charge is 2.25. The molecule has 6 nitrogen and oxygen atoms in total. The van der Waals surface area contributed by atoms with Gasteiger partial charge in [0.25, 0.3) is 5.91 Å². The van der Waals surface area contributed by atoms with Crippen LogP contribution in [0.3, 0.4) is 0 Å². The van der Waals surface area contributed by atoms with E-state index < -0.39 is 0 Å². The Labute approximate surface area is 190 Å². The monoisotopic (exact) mass is 483 g/mol. The molecule has 1 fully saturated rings. The number of aromatic amines is 1. The van der Waals surface area contributed by atoms with E-state index in [9.17, 15) is 9.59 Å². The van der Waals surface area contributed by atoms with E-state index in [2.05, 4.69) is 38.5 Å². The fourth-order valence-corrected chi connectivity index (χ4v) is 4.43. The minimum Gasteiger partial charge on any atom is -0.497 e. The highest BCUT2D eigenvalue weighted by Crippen LogP contribution is 2.34. The van der Waals surface area contributed by atoms with Crippen LogP contribution in [-0.4, -0.2) is 48.4 Å². The van der Waals surface area contributed by atoms with Crippen LogP contribution >= 0.6 is 15.9 Å². The van der Waals surface area contributed by atoms with Gasteiger partial charge in [-0.25, -0.2) is 0 Å². The first-order valence-electron chi connectivity index (χ1n) is 10.5. The van der Waals surface area contributed by atoms with E-state index in [0.717, 1.165) is 41.7 Å². The van der Waals surface area contributed by atoms with E-state index in [1.807, 2.05) is 29.2 Å². The van der Waals surface area contributed by atoms with Gasteiger partial charge in [-0.15, -0.1) is 0 Å². The van der Waals surface area contributed by atoms with Gasteiger partial charge in [0.1, 0.15) is 5.75 Å². The van der Waals surface area contributed by atoms with Crippen molar-refractivity contribution in [1.82, 2.24) is 15.2 Å². The largest absolute Gasteiger partial charge is 0.497 e. The fourth-order valence-electron chi connectivity index (χ4n) is 4.17. The van der Waals surface area contributed by atoms with Crippen molar-refractivity contribution in [3.8, 4) is 5.75 Å². The minimum atomic E-state index is -0.159. The normalized spacial score (nSPS) is 14.6. The molecule has 4 rings (SSSR count). The number of halogens is 1. The predicted molar refractivity (Wildman–Crippen MR) is 124 cm³/mol. The lowest BCUT2D eigenvalue weighted by Gasteiger charge is -2.32. The van der Waals surface area contributed by atoms with Crippen molar-refractivity contribution in [1.29, 1.82) is 0 Å². The van der Waals surface area contributed by atoms with Crippen molar-refractivity contribution in [2.24, 2.45) is 0 Å². The van der Waals surface area contributed by atoms with Gasteiger partial charge in [-0.3, -0.25) is 9.59 Å². The fraction of sp³-hybridized carbons (Fsp3) is 0.333. The van der Waals surface area contributed by atoms with Crippen molar-refractivity contribution in [2.45, 2.75) is 25.2 Å². The Bertz CT molecular complexity index is 1070. The number of aromatic nitrogens is 1. The molecule has 2 amide bonds. The number of piperidine rings is 1. The van der Waals surface area contributed by atoms with Crippen LogP contribution in [0.25, 0.3) is 10.9 Å². The molecule has 162 valence electrons. The van der Waals surface area contributed by atoms with E-state index in [-0.39, 0.29) is 11.8 Å². The van der Waals surface area contributed by atoms with Gasteiger partial charge in [0.05, 0.1) is 7.11 Å². The molecule has 2 N–H and O–H groups in total. The number of benzene rings is 2. The molecule has 0 atom stereocenters. The summed E-state index contributed by atoms with van der Waals surface area (Å²) in [6.45, 7) is 1.82. The molecular weight excluding hydrogens is 458 g/mol. The van der Waals surface area contributed by atoms with Crippen LogP contribution in [0.2, 0.25) is 0 Å². The van der Waals surface area contributed by atoms with Crippen molar-refractivity contribution < 1.29 is 14.3 Å². The van der Waals surface area contributed by atoms with Crippen molar-refractivity contribution in [2.75, 3.05) is 26.7 Å². The number of rotatable bonds is 6. The zero-order chi connectivity index (χ0) is 21.8. The Morgan fingerprint density at radius 3 is 2.61 bits per heavy atom. The van der Waals surface area contributed by atoms with Crippen LogP contribution in [0.15, 0.2) is 53.1 Å². The van der Waals surface area contributed by atoms with Gasteiger partial charge in [0, 0.05) is 53.2 Å². The second-order valence-electron chi connectivity index (χ2n) is 7.82. The summed E-state index contributed by atoms with van der Waals surface area (Å²) in [5, 5.41) is 4.03. The van der Waals surface area contributed by atoms with Crippen molar-refractivity contribution >= 4 is 38.6 Å². The second kappa shape index (κ2) is 9.56. The number of nitrogens with one attached hydrogen (secondary N) is 2. The number of likely N-dealkylation sites (tertiary alicyclic amines) is 1. The highest BCUT2D eigenvalue weighted by atomic mass is 79.9. The first-order valence-corrected chi connectivity index (χ1v) is 11.3. The summed E-state index contributed by atoms with van der Waals surface area (Å²) in [4.78, 5) is 30.0. The van der Waals surface area contributed by atoms with Crippen molar-refractivity contribution in [3.63, 3.8) is 0 Å². The molecule has 2 heterocycles. The molecule has 2 aromatic carbocycles. The molecule has 1 aliphatic rings. The number of methoxy groups -OCH3 is 1. The minimum absolute atomic E-state index is 0.0927. The first kappa shape index (κ1) is 21.4. The maximum absolute atomic E-state index is 12.6. The zero-order valence-corrected chi connectivity index (χ0v) is 19.1. The molecule has 1 saturated heterocycles. The Balaban J connectivity index is 1.27. The number of H-pyrrole nitrogens is 1. The molecule has 1 aliphatic heterocycles. The number of carbonyl (C=O) groups is 2. The Kier molecular flexibility index (Phi) is 6.61. The molecule has 0 spiro atoms. The van der Waals surface area contributed by atoms with Gasteiger partial charge in [0.2, 0.25) is 5.91 Å². The average Bonchev–Trinajstić information content (AvgIpc) is 3.22. The summed E-state index contributed by atoms with van der Waals surface area (Å²) < 4.78 is 6.30. The van der Waals surface area contributed by atoms with Gasteiger partial charge in [0.15, 0.2) is 0 Å².